The Kier molecular flexibility index (Phi) is 1.26. The summed E-state index contributed by atoms with van der Waals surface area (Å²) in [5, 5.41) is 0. The van der Waals surface area contributed by atoms with Crippen molar-refractivity contribution in [3.05, 3.63) is 82.5 Å². The van der Waals surface area contributed by atoms with Crippen molar-refractivity contribution in [1.29, 1.82) is 0 Å². The van der Waals surface area contributed by atoms with Crippen LogP contribution in [0.3, 0.4) is 0 Å². The summed E-state index contributed by atoms with van der Waals surface area (Å²) in [6, 6.07) is -5.47. The Labute approximate surface area is 135 Å². The quantitative estimate of drug-likeness (QED) is 0.797. The van der Waals surface area contributed by atoms with Crippen molar-refractivity contribution in [2.45, 2.75) is 0 Å². The van der Waals surface area contributed by atoms with E-state index in [2.05, 4.69) is 4.18 Å². The van der Waals surface area contributed by atoms with E-state index in [9.17, 15) is 8.42 Å². The number of hydrogen-bond acceptors (Lipinski definition) is 3. The summed E-state index contributed by atoms with van der Waals surface area (Å²) in [4.78, 5) is 0. The minimum atomic E-state index is -5.17. The van der Waals surface area contributed by atoms with Gasteiger partial charge in [0.1, 0.15) is 5.76 Å². The first-order valence-corrected chi connectivity index (χ1v) is 7.24. The van der Waals surface area contributed by atoms with E-state index in [1.807, 2.05) is 0 Å². The molecule has 0 radical (unpaired) electrons. The van der Waals surface area contributed by atoms with E-state index in [1.165, 1.54) is 0 Å². The summed E-state index contributed by atoms with van der Waals surface area (Å²) >= 11 is 0. The molecule has 0 amide bonds. The fourth-order valence-corrected chi connectivity index (χ4v) is 2.93. The van der Waals surface area contributed by atoms with Gasteiger partial charge in [-0.05, 0) is 22.8 Å². The predicted octanol–water partition coefficient (Wildman–Crippen LogP) is 2.79. The maximum absolute atomic E-state index is 11.3. The number of hydrogen-bond donors (Lipinski definition) is 1. The smallest absolute Gasteiger partial charge is 0.361 e. The van der Waals surface area contributed by atoms with E-state index in [-0.39, 0.29) is 22.3 Å². The van der Waals surface area contributed by atoms with Gasteiger partial charge in [-0.25, -0.2) is 0 Å². The van der Waals surface area contributed by atoms with Gasteiger partial charge in [-0.3, -0.25) is 4.55 Å². The summed E-state index contributed by atoms with van der Waals surface area (Å²) in [6.45, 7) is 0. The molecule has 0 spiro atoms. The van der Waals surface area contributed by atoms with Crippen molar-refractivity contribution >= 4 is 10.4 Å². The van der Waals surface area contributed by atoms with Crippen LogP contribution in [0.2, 0.25) is 0 Å². The van der Waals surface area contributed by atoms with E-state index in [0.717, 1.165) is 0 Å². The van der Waals surface area contributed by atoms with Crippen LogP contribution in [0.5, 0.6) is 0 Å². The average molecular weight is 309 g/mol. The molecule has 4 nitrogen and oxygen atoms in total. The third-order valence-electron chi connectivity index (χ3n) is 3.38. The molecule has 2 unspecified atom stereocenters. The first kappa shape index (κ1) is 6.34. The van der Waals surface area contributed by atoms with Gasteiger partial charge in [-0.1, -0.05) is 48.4 Å². The topological polar surface area (TPSA) is 63.6 Å². The Morgan fingerprint density at radius 3 is 2.38 bits per heavy atom. The lowest BCUT2D eigenvalue weighted by Gasteiger charge is -2.39. The van der Waals surface area contributed by atoms with Gasteiger partial charge >= 0.3 is 10.4 Å². The van der Waals surface area contributed by atoms with Crippen LogP contribution >= 0.6 is 0 Å². The van der Waals surface area contributed by atoms with Crippen LogP contribution in [-0.2, 0) is 14.6 Å². The highest BCUT2D eigenvalue weighted by molar-refractivity contribution is 7.81. The molecule has 0 fully saturated rings. The largest absolute Gasteiger partial charge is 0.446 e. The van der Waals surface area contributed by atoms with Gasteiger partial charge < -0.3 is 4.18 Å². The Balaban J connectivity index is 2.23. The molecule has 21 heavy (non-hydrogen) atoms. The molecule has 1 N–H and O–H groups in total. The molecule has 0 heterocycles. The van der Waals surface area contributed by atoms with E-state index in [1.54, 1.807) is 0 Å². The zero-order valence-corrected chi connectivity index (χ0v) is 11.1. The molecular formula is C16H12O4S. The molecule has 4 aliphatic rings. The number of allylic oxidation sites excluding steroid dienone is 13. The summed E-state index contributed by atoms with van der Waals surface area (Å²) in [7, 11) is -5.17. The third-order valence-corrected chi connectivity index (χ3v) is 3.76. The first-order valence-electron chi connectivity index (χ1n) is 10.4. The second-order valence-corrected chi connectivity index (χ2v) is 5.60. The molecule has 4 rings (SSSR count). The van der Waals surface area contributed by atoms with Crippen LogP contribution < -0.4 is 0 Å². The number of rotatable bonds is 2. The SMILES string of the molecule is [2H]C1=C([2H])C2=C([2H])C([2H])=C3C([2H])=C([2H])C(OS(=O)(=O)O)=C4C([2H])=C([2H])C(=C1[2H])C2C34. The van der Waals surface area contributed by atoms with Crippen molar-refractivity contribution in [1.82, 2.24) is 0 Å². The van der Waals surface area contributed by atoms with Gasteiger partial charge in [0.05, 0.1) is 12.3 Å². The normalized spacial score (nSPS) is 39.0. The third kappa shape index (κ3) is 1.97. The van der Waals surface area contributed by atoms with Crippen LogP contribution in [0.4, 0.5) is 0 Å². The Bertz CT molecular complexity index is 1280. The minimum absolute atomic E-state index is 0.160. The van der Waals surface area contributed by atoms with Crippen molar-refractivity contribution in [2.24, 2.45) is 11.8 Å². The van der Waals surface area contributed by atoms with Crippen LogP contribution in [0.15, 0.2) is 82.5 Å². The summed E-state index contributed by atoms with van der Waals surface area (Å²) in [5.41, 5.74) is -0.898. The lowest BCUT2D eigenvalue weighted by molar-refractivity contribution is 0.333. The van der Waals surface area contributed by atoms with E-state index >= 15 is 0 Å². The van der Waals surface area contributed by atoms with Gasteiger partial charge in [0.2, 0.25) is 0 Å². The molecule has 2 atom stereocenters. The first-order chi connectivity index (χ1) is 13.8. The second-order valence-electron chi connectivity index (χ2n) is 4.58. The summed E-state index contributed by atoms with van der Waals surface area (Å²) in [5.74, 6) is -3.30. The fraction of sp³-hybridized carbons (Fsp3) is 0.125. The lowest BCUT2D eigenvalue weighted by atomic mass is 9.64. The van der Waals surface area contributed by atoms with Crippen LogP contribution in [0.1, 0.15) is 12.3 Å². The van der Waals surface area contributed by atoms with Gasteiger partial charge in [-0.15, -0.1) is 0 Å². The van der Waals surface area contributed by atoms with Gasteiger partial charge in [0, 0.05) is 17.4 Å². The molecule has 0 saturated carbocycles. The highest BCUT2D eigenvalue weighted by atomic mass is 32.3. The van der Waals surface area contributed by atoms with Crippen molar-refractivity contribution < 1.29 is 29.5 Å². The van der Waals surface area contributed by atoms with Gasteiger partial charge in [0.25, 0.3) is 0 Å². The molecule has 5 heteroatoms. The highest BCUT2D eigenvalue weighted by Gasteiger charge is 2.39. The zero-order valence-electron chi connectivity index (χ0n) is 19.2. The molecule has 0 aliphatic heterocycles. The van der Waals surface area contributed by atoms with Crippen LogP contribution in [0, 0.1) is 11.8 Å². The average Bonchev–Trinajstić information content (AvgIpc) is 2.65. The van der Waals surface area contributed by atoms with Crippen molar-refractivity contribution in [3.8, 4) is 0 Å². The second kappa shape index (κ2) is 4.19. The van der Waals surface area contributed by atoms with E-state index in [4.69, 9.17) is 16.9 Å². The van der Waals surface area contributed by atoms with Crippen LogP contribution in [0.25, 0.3) is 0 Å². The molecule has 106 valence electrons. The Morgan fingerprint density at radius 2 is 1.62 bits per heavy atom. The molecule has 0 bridgehead atoms. The lowest BCUT2D eigenvalue weighted by Crippen LogP contribution is -2.29. The Hall–Kier alpha value is -2.11. The van der Waals surface area contributed by atoms with E-state index in [0.29, 0.717) is 0 Å². The summed E-state index contributed by atoms with van der Waals surface area (Å²) in [6.07, 6.45) is 0. The van der Waals surface area contributed by atoms with Gasteiger partial charge in [-0.2, -0.15) is 8.42 Å². The maximum Gasteiger partial charge on any atom is 0.446 e. The molecule has 0 aromatic carbocycles. The zero-order chi connectivity index (χ0) is 22.4. The predicted molar refractivity (Wildman–Crippen MR) is 78.3 cm³/mol. The highest BCUT2D eigenvalue weighted by Crippen LogP contribution is 2.49. The van der Waals surface area contributed by atoms with Gasteiger partial charge in [0.15, 0.2) is 0 Å². The Morgan fingerprint density at radius 1 is 0.952 bits per heavy atom. The maximum atomic E-state index is 11.3. The van der Waals surface area contributed by atoms with Crippen molar-refractivity contribution in [2.75, 3.05) is 0 Å². The van der Waals surface area contributed by atoms with Crippen molar-refractivity contribution in [3.63, 3.8) is 0 Å². The summed E-state index contributed by atoms with van der Waals surface area (Å²) < 4.78 is 110. The fourth-order valence-electron chi connectivity index (χ4n) is 2.59. The van der Waals surface area contributed by atoms with Crippen LogP contribution in [-0.4, -0.2) is 13.0 Å². The standard InChI is InChI=1S/C16H12O4S/c17-21(18,19)20-14-9-7-12-5-4-10-2-1-3-11-6-8-13(14)16(12)15(10)11/h1-9,15-16H,(H,17,18,19)/i1D,2D,3D,4D,5D,6D,7D,8D,9D. The minimum Gasteiger partial charge on any atom is -0.361 e. The molecule has 0 aromatic rings. The molecular weight excluding hydrogens is 288 g/mol. The molecule has 4 aliphatic carbocycles. The van der Waals surface area contributed by atoms with E-state index < -0.39 is 82.5 Å². The molecule has 0 saturated heterocycles. The molecule has 0 aromatic heterocycles. The monoisotopic (exact) mass is 309 g/mol.